The summed E-state index contributed by atoms with van der Waals surface area (Å²) in [5.74, 6) is 0.148. The number of halogens is 1. The van der Waals surface area contributed by atoms with Crippen molar-refractivity contribution >= 4 is 27.5 Å². The smallest absolute Gasteiger partial charge is 0.219 e. The quantitative estimate of drug-likeness (QED) is 0.899. The molecule has 1 aromatic carbocycles. The van der Waals surface area contributed by atoms with Crippen LogP contribution in [0.3, 0.4) is 0 Å². The Hall–Kier alpha value is -1.07. The van der Waals surface area contributed by atoms with Crippen LogP contribution in [0.1, 0.15) is 31.9 Å². The number of carbonyl (C=O) groups excluding carboxylic acids is 1. The summed E-state index contributed by atoms with van der Waals surface area (Å²) < 4.78 is 0.993. The fourth-order valence-corrected chi connectivity index (χ4v) is 3.16. The van der Waals surface area contributed by atoms with Crippen molar-refractivity contribution in [2.75, 3.05) is 31.1 Å². The summed E-state index contributed by atoms with van der Waals surface area (Å²) in [6.07, 6.45) is 0.516. The van der Waals surface area contributed by atoms with Gasteiger partial charge in [0.2, 0.25) is 5.91 Å². The largest absolute Gasteiger partial charge is 0.389 e. The van der Waals surface area contributed by atoms with Gasteiger partial charge >= 0.3 is 0 Å². The Morgan fingerprint density at radius 1 is 1.30 bits per heavy atom. The molecule has 1 amide bonds. The molecule has 5 heteroatoms. The number of hydrogen-bond donors (Lipinski definition) is 1. The molecule has 0 radical (unpaired) electrons. The van der Waals surface area contributed by atoms with Crippen molar-refractivity contribution < 1.29 is 9.90 Å². The number of rotatable bonds is 2. The first-order chi connectivity index (χ1) is 9.49. The molecule has 1 aliphatic heterocycles. The van der Waals surface area contributed by atoms with E-state index in [1.165, 1.54) is 0 Å². The Balaban J connectivity index is 2.13. The molecular weight excluding hydrogens is 320 g/mol. The van der Waals surface area contributed by atoms with E-state index in [4.69, 9.17) is 0 Å². The highest BCUT2D eigenvalue weighted by molar-refractivity contribution is 9.10. The molecule has 0 saturated carbocycles. The number of benzene rings is 1. The van der Waals surface area contributed by atoms with Gasteiger partial charge in [-0.2, -0.15) is 0 Å². The van der Waals surface area contributed by atoms with Gasteiger partial charge in [-0.1, -0.05) is 6.07 Å². The van der Waals surface area contributed by atoms with E-state index in [1.807, 2.05) is 23.1 Å². The van der Waals surface area contributed by atoms with E-state index >= 15 is 0 Å². The molecule has 20 heavy (non-hydrogen) atoms. The number of aliphatic hydroxyl groups is 1. The monoisotopic (exact) mass is 340 g/mol. The zero-order valence-electron chi connectivity index (χ0n) is 12.0. The average Bonchev–Trinajstić information content (AvgIpc) is 2.64. The molecule has 1 unspecified atom stereocenters. The van der Waals surface area contributed by atoms with E-state index < -0.39 is 6.10 Å². The zero-order chi connectivity index (χ0) is 14.7. The highest BCUT2D eigenvalue weighted by atomic mass is 79.9. The van der Waals surface area contributed by atoms with Crippen molar-refractivity contribution in [2.24, 2.45) is 0 Å². The molecule has 1 fully saturated rings. The third-order valence-corrected chi connectivity index (χ3v) is 4.37. The lowest BCUT2D eigenvalue weighted by atomic mass is 10.1. The van der Waals surface area contributed by atoms with Gasteiger partial charge in [-0.3, -0.25) is 4.79 Å². The summed E-state index contributed by atoms with van der Waals surface area (Å²) in [6, 6.07) is 5.96. The van der Waals surface area contributed by atoms with Gasteiger partial charge in [0.1, 0.15) is 0 Å². The number of carbonyl (C=O) groups is 1. The van der Waals surface area contributed by atoms with Gasteiger partial charge in [0.15, 0.2) is 0 Å². The lowest BCUT2D eigenvalue weighted by molar-refractivity contribution is -0.128. The van der Waals surface area contributed by atoms with E-state index in [9.17, 15) is 9.90 Å². The standard InChI is InChI=1S/C15H21BrN2O2/c1-11(19)13-4-5-15(14(16)10-13)18-7-3-6-17(8-9-18)12(2)20/h4-5,10-11,19H,3,6-9H2,1-2H3. The molecular formula is C15H21BrN2O2. The molecule has 0 aromatic heterocycles. The fourth-order valence-electron chi connectivity index (χ4n) is 2.51. The van der Waals surface area contributed by atoms with E-state index in [0.29, 0.717) is 0 Å². The average molecular weight is 341 g/mol. The van der Waals surface area contributed by atoms with Crippen molar-refractivity contribution in [3.05, 3.63) is 28.2 Å². The normalized spacial score (nSPS) is 17.8. The van der Waals surface area contributed by atoms with Crippen molar-refractivity contribution in [2.45, 2.75) is 26.4 Å². The van der Waals surface area contributed by atoms with Gasteiger partial charge in [0.25, 0.3) is 0 Å². The zero-order valence-corrected chi connectivity index (χ0v) is 13.6. The van der Waals surface area contributed by atoms with Crippen LogP contribution in [0.15, 0.2) is 22.7 Å². The lowest BCUT2D eigenvalue weighted by Crippen LogP contribution is -2.33. The predicted octanol–water partition coefficient (Wildman–Crippen LogP) is 2.56. The van der Waals surface area contributed by atoms with Gasteiger partial charge in [-0.25, -0.2) is 0 Å². The van der Waals surface area contributed by atoms with Crippen molar-refractivity contribution in [1.29, 1.82) is 0 Å². The Labute approximate surface area is 128 Å². The first kappa shape index (κ1) is 15.3. The van der Waals surface area contributed by atoms with Crippen LogP contribution in [-0.4, -0.2) is 42.1 Å². The SMILES string of the molecule is CC(=O)N1CCCN(c2ccc(C(C)O)cc2Br)CC1. The van der Waals surface area contributed by atoms with Gasteiger partial charge in [0, 0.05) is 37.6 Å². The summed E-state index contributed by atoms with van der Waals surface area (Å²) in [7, 11) is 0. The van der Waals surface area contributed by atoms with Crippen LogP contribution < -0.4 is 4.90 Å². The van der Waals surface area contributed by atoms with E-state index in [2.05, 4.69) is 20.8 Å². The molecule has 1 atom stereocenters. The van der Waals surface area contributed by atoms with Crippen LogP contribution in [0.5, 0.6) is 0 Å². The minimum atomic E-state index is -0.460. The summed E-state index contributed by atoms with van der Waals surface area (Å²) >= 11 is 3.59. The molecule has 1 aliphatic rings. The number of hydrogen-bond acceptors (Lipinski definition) is 3. The Morgan fingerprint density at radius 2 is 2.05 bits per heavy atom. The third-order valence-electron chi connectivity index (χ3n) is 3.74. The molecule has 1 N–H and O–H groups in total. The fraction of sp³-hybridized carbons (Fsp3) is 0.533. The molecule has 110 valence electrons. The van der Waals surface area contributed by atoms with Gasteiger partial charge in [-0.05, 0) is 47.0 Å². The summed E-state index contributed by atoms with van der Waals surface area (Å²) in [6.45, 7) is 6.76. The van der Waals surface area contributed by atoms with Gasteiger partial charge < -0.3 is 14.9 Å². The second-order valence-corrected chi connectivity index (χ2v) is 6.09. The molecule has 1 heterocycles. The maximum Gasteiger partial charge on any atom is 0.219 e. The number of aliphatic hydroxyl groups excluding tert-OH is 1. The maximum atomic E-state index is 11.5. The maximum absolute atomic E-state index is 11.5. The number of nitrogens with zero attached hydrogens (tertiary/aromatic N) is 2. The molecule has 0 bridgehead atoms. The van der Waals surface area contributed by atoms with Crippen LogP contribution in [0.4, 0.5) is 5.69 Å². The van der Waals surface area contributed by atoms with Crippen LogP contribution in [0.25, 0.3) is 0 Å². The molecule has 0 spiro atoms. The predicted molar refractivity (Wildman–Crippen MR) is 83.9 cm³/mol. The van der Waals surface area contributed by atoms with Crippen LogP contribution in [0, 0.1) is 0 Å². The second kappa shape index (κ2) is 6.59. The topological polar surface area (TPSA) is 43.8 Å². The number of amides is 1. The highest BCUT2D eigenvalue weighted by Crippen LogP contribution is 2.30. The van der Waals surface area contributed by atoms with E-state index in [-0.39, 0.29) is 5.91 Å². The van der Waals surface area contributed by atoms with Gasteiger partial charge in [-0.15, -0.1) is 0 Å². The highest BCUT2D eigenvalue weighted by Gasteiger charge is 2.18. The summed E-state index contributed by atoms with van der Waals surface area (Å²) in [5.41, 5.74) is 2.03. The van der Waals surface area contributed by atoms with Crippen LogP contribution in [-0.2, 0) is 4.79 Å². The molecule has 0 aliphatic carbocycles. The van der Waals surface area contributed by atoms with Gasteiger partial charge in [0.05, 0.1) is 11.8 Å². The molecule has 2 rings (SSSR count). The summed E-state index contributed by atoms with van der Waals surface area (Å²) in [4.78, 5) is 15.6. The Kier molecular flexibility index (Phi) is 5.05. The van der Waals surface area contributed by atoms with E-state index in [1.54, 1.807) is 13.8 Å². The second-order valence-electron chi connectivity index (χ2n) is 5.23. The molecule has 1 aromatic rings. The minimum Gasteiger partial charge on any atom is -0.389 e. The third kappa shape index (κ3) is 3.52. The van der Waals surface area contributed by atoms with E-state index in [0.717, 1.165) is 48.3 Å². The lowest BCUT2D eigenvalue weighted by Gasteiger charge is -2.25. The Morgan fingerprint density at radius 3 is 2.65 bits per heavy atom. The minimum absolute atomic E-state index is 0.148. The van der Waals surface area contributed by atoms with Crippen LogP contribution in [0.2, 0.25) is 0 Å². The summed E-state index contributed by atoms with van der Waals surface area (Å²) in [5, 5.41) is 9.61. The molecule has 4 nitrogen and oxygen atoms in total. The van der Waals surface area contributed by atoms with Crippen molar-refractivity contribution in [3.8, 4) is 0 Å². The first-order valence-electron chi connectivity index (χ1n) is 6.97. The van der Waals surface area contributed by atoms with Crippen molar-refractivity contribution in [3.63, 3.8) is 0 Å². The number of anilines is 1. The first-order valence-corrected chi connectivity index (χ1v) is 7.76. The molecule has 1 saturated heterocycles. The van der Waals surface area contributed by atoms with Crippen molar-refractivity contribution in [1.82, 2.24) is 4.90 Å². The van der Waals surface area contributed by atoms with Crippen LogP contribution >= 0.6 is 15.9 Å². The Bertz CT molecular complexity index is 491.